The third-order valence-electron chi connectivity index (χ3n) is 3.51. The molecule has 1 aliphatic rings. The molecular weight excluding hydrogens is 289 g/mol. The van der Waals surface area contributed by atoms with Gasteiger partial charge in [-0.15, -0.1) is 0 Å². The van der Waals surface area contributed by atoms with Crippen LogP contribution in [0.1, 0.15) is 32.1 Å². The van der Waals surface area contributed by atoms with Crippen LogP contribution in [0.25, 0.3) is 0 Å². The number of amides is 2. The number of hydrogen-bond acceptors (Lipinski definition) is 3. The Bertz CT molecular complexity index is 306. The van der Waals surface area contributed by atoms with Gasteiger partial charge in [-0.25, -0.2) is 4.79 Å². The highest BCUT2D eigenvalue weighted by Crippen LogP contribution is 2.37. The van der Waals surface area contributed by atoms with Gasteiger partial charge in [-0.05, 0) is 32.1 Å². The van der Waals surface area contributed by atoms with Crippen LogP contribution < -0.4 is 10.6 Å². The van der Waals surface area contributed by atoms with Crippen LogP contribution in [-0.2, 0) is 4.74 Å². The van der Waals surface area contributed by atoms with E-state index in [0.29, 0.717) is 32.4 Å². The van der Waals surface area contributed by atoms with Gasteiger partial charge in [0.2, 0.25) is 0 Å². The lowest BCUT2D eigenvalue weighted by molar-refractivity contribution is -0.182. The Labute approximate surface area is 122 Å². The molecule has 0 radical (unpaired) electrons. The minimum absolute atomic E-state index is 0.0332. The van der Waals surface area contributed by atoms with Crippen LogP contribution in [0.15, 0.2) is 0 Å². The molecule has 0 aromatic heterocycles. The standard InChI is InChI=1S/C13H23F3N2O3/c14-13(15,16)10-2-4-11(5-3-10)18-12(20)17-6-1-8-21-9-7-19/h10-11,19H,1-9H2,(H2,17,18,20). The van der Waals surface area contributed by atoms with E-state index in [1.165, 1.54) is 0 Å². The monoisotopic (exact) mass is 312 g/mol. The summed E-state index contributed by atoms with van der Waals surface area (Å²) in [6.07, 6.45) is -2.64. The lowest BCUT2D eigenvalue weighted by atomic mass is 9.86. The number of rotatable bonds is 7. The second-order valence-electron chi connectivity index (χ2n) is 5.18. The van der Waals surface area contributed by atoms with E-state index < -0.39 is 12.1 Å². The van der Waals surface area contributed by atoms with Gasteiger partial charge < -0.3 is 20.5 Å². The van der Waals surface area contributed by atoms with Gasteiger partial charge in [-0.2, -0.15) is 13.2 Å². The topological polar surface area (TPSA) is 70.6 Å². The Morgan fingerprint density at radius 3 is 2.43 bits per heavy atom. The number of aliphatic hydroxyl groups is 1. The number of halogens is 3. The zero-order chi connectivity index (χ0) is 15.7. The first-order valence-electron chi connectivity index (χ1n) is 7.23. The van der Waals surface area contributed by atoms with E-state index >= 15 is 0 Å². The van der Waals surface area contributed by atoms with Crippen LogP contribution in [0.5, 0.6) is 0 Å². The highest BCUT2D eigenvalue weighted by Gasteiger charge is 2.41. The molecule has 1 fully saturated rings. The maximum absolute atomic E-state index is 12.5. The molecule has 0 aromatic carbocycles. The number of ether oxygens (including phenoxy) is 1. The lowest BCUT2D eigenvalue weighted by Crippen LogP contribution is -2.45. The first-order valence-corrected chi connectivity index (χ1v) is 7.23. The molecule has 21 heavy (non-hydrogen) atoms. The molecule has 0 aliphatic heterocycles. The van der Waals surface area contributed by atoms with Gasteiger partial charge in [-0.1, -0.05) is 0 Å². The molecule has 8 heteroatoms. The minimum atomic E-state index is -4.12. The van der Waals surface area contributed by atoms with Crippen molar-refractivity contribution < 1.29 is 27.8 Å². The van der Waals surface area contributed by atoms with Crippen molar-refractivity contribution in [3.8, 4) is 0 Å². The van der Waals surface area contributed by atoms with Crippen molar-refractivity contribution >= 4 is 6.03 Å². The fourth-order valence-electron chi connectivity index (χ4n) is 2.34. The number of urea groups is 1. The number of hydrogen-bond donors (Lipinski definition) is 3. The van der Waals surface area contributed by atoms with Crippen LogP contribution in [0, 0.1) is 5.92 Å². The second-order valence-corrected chi connectivity index (χ2v) is 5.18. The maximum Gasteiger partial charge on any atom is 0.391 e. The fourth-order valence-corrected chi connectivity index (χ4v) is 2.34. The molecular formula is C13H23F3N2O3. The number of carbonyl (C=O) groups is 1. The Morgan fingerprint density at radius 1 is 1.19 bits per heavy atom. The van der Waals surface area contributed by atoms with Crippen molar-refractivity contribution in [3.63, 3.8) is 0 Å². The van der Waals surface area contributed by atoms with Gasteiger partial charge in [0.15, 0.2) is 0 Å². The predicted octanol–water partition coefficient (Wildman–Crippen LogP) is 1.81. The second kappa shape index (κ2) is 9.09. The Hall–Kier alpha value is -1.02. The van der Waals surface area contributed by atoms with Crippen LogP contribution >= 0.6 is 0 Å². The van der Waals surface area contributed by atoms with Crippen molar-refractivity contribution in [3.05, 3.63) is 0 Å². The van der Waals surface area contributed by atoms with Crippen LogP contribution in [0.3, 0.4) is 0 Å². The van der Waals surface area contributed by atoms with Gasteiger partial charge >= 0.3 is 12.2 Å². The normalized spacial score (nSPS) is 22.9. The quantitative estimate of drug-likeness (QED) is 0.628. The number of carbonyl (C=O) groups excluding carboxylic acids is 1. The summed E-state index contributed by atoms with van der Waals surface area (Å²) >= 11 is 0. The summed E-state index contributed by atoms with van der Waals surface area (Å²) in [5.41, 5.74) is 0. The van der Waals surface area contributed by atoms with Crippen LogP contribution in [0.4, 0.5) is 18.0 Å². The van der Waals surface area contributed by atoms with Crippen molar-refractivity contribution in [2.45, 2.75) is 44.3 Å². The molecule has 124 valence electrons. The van der Waals surface area contributed by atoms with Crippen LogP contribution in [-0.4, -0.2) is 49.7 Å². The molecule has 1 saturated carbocycles. The van der Waals surface area contributed by atoms with E-state index in [-0.39, 0.29) is 38.1 Å². The largest absolute Gasteiger partial charge is 0.394 e. The molecule has 0 heterocycles. The van der Waals surface area contributed by atoms with Gasteiger partial charge in [0.05, 0.1) is 19.1 Å². The van der Waals surface area contributed by atoms with Crippen molar-refractivity contribution in [1.82, 2.24) is 10.6 Å². The van der Waals surface area contributed by atoms with E-state index in [2.05, 4.69) is 10.6 Å². The highest BCUT2D eigenvalue weighted by molar-refractivity contribution is 5.74. The Morgan fingerprint density at radius 2 is 1.86 bits per heavy atom. The van der Waals surface area contributed by atoms with Crippen molar-refractivity contribution in [1.29, 1.82) is 0 Å². The van der Waals surface area contributed by atoms with E-state index in [1.807, 2.05) is 0 Å². The summed E-state index contributed by atoms with van der Waals surface area (Å²) in [6.45, 7) is 1.11. The zero-order valence-electron chi connectivity index (χ0n) is 11.9. The molecule has 0 saturated heterocycles. The van der Waals surface area contributed by atoms with E-state index in [4.69, 9.17) is 9.84 Å². The summed E-state index contributed by atoms with van der Waals surface area (Å²) in [7, 11) is 0. The molecule has 1 aliphatic carbocycles. The average Bonchev–Trinajstić information content (AvgIpc) is 2.42. The van der Waals surface area contributed by atoms with Crippen molar-refractivity contribution in [2.75, 3.05) is 26.4 Å². The number of alkyl halides is 3. The van der Waals surface area contributed by atoms with Gasteiger partial charge in [-0.3, -0.25) is 0 Å². The summed E-state index contributed by atoms with van der Waals surface area (Å²) in [4.78, 5) is 11.6. The molecule has 3 N–H and O–H groups in total. The first kappa shape index (κ1) is 18.0. The van der Waals surface area contributed by atoms with Gasteiger partial charge in [0, 0.05) is 19.2 Å². The molecule has 0 aromatic rings. The zero-order valence-corrected chi connectivity index (χ0v) is 11.9. The molecule has 0 unspecified atom stereocenters. The maximum atomic E-state index is 12.5. The highest BCUT2D eigenvalue weighted by atomic mass is 19.4. The number of aliphatic hydroxyl groups excluding tert-OH is 1. The summed E-state index contributed by atoms with van der Waals surface area (Å²) < 4.78 is 42.5. The lowest BCUT2D eigenvalue weighted by Gasteiger charge is -2.30. The minimum Gasteiger partial charge on any atom is -0.394 e. The molecule has 5 nitrogen and oxygen atoms in total. The fraction of sp³-hybridized carbons (Fsp3) is 0.923. The van der Waals surface area contributed by atoms with E-state index in [1.54, 1.807) is 0 Å². The summed E-state index contributed by atoms with van der Waals surface area (Å²) in [5.74, 6) is -1.23. The smallest absolute Gasteiger partial charge is 0.391 e. The average molecular weight is 312 g/mol. The molecule has 0 spiro atoms. The van der Waals surface area contributed by atoms with E-state index in [0.717, 1.165) is 0 Å². The molecule has 0 bridgehead atoms. The van der Waals surface area contributed by atoms with Gasteiger partial charge in [0.1, 0.15) is 0 Å². The summed E-state index contributed by atoms with van der Waals surface area (Å²) in [5, 5.41) is 13.8. The molecule has 1 rings (SSSR count). The van der Waals surface area contributed by atoms with Crippen molar-refractivity contribution in [2.24, 2.45) is 5.92 Å². The predicted molar refractivity (Wildman–Crippen MR) is 70.9 cm³/mol. The Kier molecular flexibility index (Phi) is 7.81. The first-order chi connectivity index (χ1) is 9.93. The SMILES string of the molecule is O=C(NCCCOCCO)NC1CCC(C(F)(F)F)CC1. The number of nitrogens with one attached hydrogen (secondary N) is 2. The third-order valence-corrected chi connectivity index (χ3v) is 3.51. The van der Waals surface area contributed by atoms with Crippen LogP contribution in [0.2, 0.25) is 0 Å². The van der Waals surface area contributed by atoms with E-state index in [9.17, 15) is 18.0 Å². The van der Waals surface area contributed by atoms with Gasteiger partial charge in [0.25, 0.3) is 0 Å². The third kappa shape index (κ3) is 7.52. The Balaban J connectivity index is 2.08. The molecule has 0 atom stereocenters. The molecule has 2 amide bonds. The summed E-state index contributed by atoms with van der Waals surface area (Å²) in [6, 6.07) is -0.540.